The molecule has 0 spiro atoms. The number of nitrogens with one attached hydrogen (secondary N) is 1. The third-order valence-electron chi connectivity index (χ3n) is 5.83. The highest BCUT2D eigenvalue weighted by Crippen LogP contribution is 2.22. The minimum absolute atomic E-state index is 0.121. The van der Waals surface area contributed by atoms with Gasteiger partial charge in [-0.2, -0.15) is 0 Å². The maximum absolute atomic E-state index is 13.1. The van der Waals surface area contributed by atoms with Gasteiger partial charge in [0.05, 0.1) is 16.6 Å². The van der Waals surface area contributed by atoms with Crippen LogP contribution >= 0.6 is 0 Å². The van der Waals surface area contributed by atoms with E-state index in [-0.39, 0.29) is 11.5 Å². The van der Waals surface area contributed by atoms with Crippen LogP contribution in [0.2, 0.25) is 0 Å². The number of aromatic nitrogens is 2. The van der Waals surface area contributed by atoms with Crippen LogP contribution in [0.25, 0.3) is 16.6 Å². The summed E-state index contributed by atoms with van der Waals surface area (Å²) in [7, 11) is 0. The van der Waals surface area contributed by atoms with Gasteiger partial charge in [-0.15, -0.1) is 0 Å². The van der Waals surface area contributed by atoms with Crippen LogP contribution in [0.3, 0.4) is 0 Å². The number of fused-ring (bicyclic) bond motifs is 1. The summed E-state index contributed by atoms with van der Waals surface area (Å²) in [4.78, 5) is 30.4. The zero-order valence-corrected chi connectivity index (χ0v) is 19.5. The molecule has 6 nitrogen and oxygen atoms in total. The summed E-state index contributed by atoms with van der Waals surface area (Å²) in [6, 6.07) is 18.5. The average Bonchev–Trinajstić information content (AvgIpc) is 2.78. The van der Waals surface area contributed by atoms with Crippen molar-refractivity contribution >= 4 is 22.5 Å². The van der Waals surface area contributed by atoms with Gasteiger partial charge in [-0.05, 0) is 93.8 Å². The van der Waals surface area contributed by atoms with E-state index in [0.717, 1.165) is 11.1 Å². The Labute approximate surface area is 192 Å². The number of carbonyl (C=O) groups is 1. The first-order valence-corrected chi connectivity index (χ1v) is 10.9. The van der Waals surface area contributed by atoms with Crippen LogP contribution in [0.4, 0.5) is 5.69 Å². The molecule has 0 saturated carbocycles. The van der Waals surface area contributed by atoms with Gasteiger partial charge >= 0.3 is 0 Å². The molecular formula is C27H27N3O3. The van der Waals surface area contributed by atoms with Crippen molar-refractivity contribution in [3.8, 4) is 11.4 Å². The smallest absolute Gasteiger partial charge is 0.265 e. The summed E-state index contributed by atoms with van der Waals surface area (Å²) >= 11 is 0. The molecular weight excluding hydrogens is 414 g/mol. The number of para-hydroxylation sites is 1. The van der Waals surface area contributed by atoms with Crippen LogP contribution in [-0.2, 0) is 4.79 Å². The molecule has 1 N–H and O–H groups in total. The molecule has 0 aliphatic carbocycles. The second kappa shape index (κ2) is 8.90. The third-order valence-corrected chi connectivity index (χ3v) is 5.83. The number of benzene rings is 3. The molecule has 0 bridgehead atoms. The average molecular weight is 442 g/mol. The second-order valence-electron chi connectivity index (χ2n) is 8.31. The van der Waals surface area contributed by atoms with Gasteiger partial charge in [-0.1, -0.05) is 18.2 Å². The monoisotopic (exact) mass is 441 g/mol. The van der Waals surface area contributed by atoms with Crippen molar-refractivity contribution in [3.63, 3.8) is 0 Å². The Bertz CT molecular complexity index is 1420. The number of nitrogens with zero attached hydrogens (tertiary/aromatic N) is 2. The van der Waals surface area contributed by atoms with Gasteiger partial charge in [0.2, 0.25) is 0 Å². The molecule has 0 saturated heterocycles. The maximum Gasteiger partial charge on any atom is 0.265 e. The van der Waals surface area contributed by atoms with Gasteiger partial charge in [0.25, 0.3) is 11.5 Å². The number of ether oxygens (including phenoxy) is 1. The molecule has 0 aliphatic rings. The number of amides is 1. The highest BCUT2D eigenvalue weighted by Gasteiger charge is 2.17. The molecule has 1 heterocycles. The van der Waals surface area contributed by atoms with Crippen LogP contribution in [0.5, 0.6) is 5.75 Å². The molecule has 6 heteroatoms. The molecule has 1 amide bonds. The lowest BCUT2D eigenvalue weighted by atomic mass is 10.1. The first kappa shape index (κ1) is 22.3. The van der Waals surface area contributed by atoms with E-state index in [1.165, 1.54) is 5.56 Å². The van der Waals surface area contributed by atoms with Gasteiger partial charge < -0.3 is 10.1 Å². The predicted octanol–water partition coefficient (Wildman–Crippen LogP) is 5.03. The van der Waals surface area contributed by atoms with E-state index in [9.17, 15) is 9.59 Å². The lowest BCUT2D eigenvalue weighted by Gasteiger charge is -2.17. The van der Waals surface area contributed by atoms with E-state index in [1.807, 2.05) is 76.2 Å². The number of hydrogen-bond acceptors (Lipinski definition) is 4. The topological polar surface area (TPSA) is 73.2 Å². The van der Waals surface area contributed by atoms with Crippen LogP contribution in [-0.4, -0.2) is 21.6 Å². The summed E-state index contributed by atoms with van der Waals surface area (Å²) in [5, 5.41) is 3.49. The van der Waals surface area contributed by atoms with Crippen molar-refractivity contribution in [1.29, 1.82) is 0 Å². The first-order chi connectivity index (χ1) is 15.7. The Hall–Kier alpha value is -3.93. The fourth-order valence-corrected chi connectivity index (χ4v) is 3.75. The summed E-state index contributed by atoms with van der Waals surface area (Å²) in [6.45, 7) is 9.46. The van der Waals surface area contributed by atoms with Crippen molar-refractivity contribution in [2.24, 2.45) is 0 Å². The Morgan fingerprint density at radius 2 is 1.70 bits per heavy atom. The van der Waals surface area contributed by atoms with Gasteiger partial charge in [-0.3, -0.25) is 14.2 Å². The predicted molar refractivity (Wildman–Crippen MR) is 131 cm³/mol. The molecule has 4 aromatic rings. The highest BCUT2D eigenvalue weighted by molar-refractivity contribution is 5.95. The lowest BCUT2D eigenvalue weighted by molar-refractivity contribution is -0.122. The zero-order valence-electron chi connectivity index (χ0n) is 19.5. The summed E-state index contributed by atoms with van der Waals surface area (Å²) in [5.41, 5.74) is 5.04. The molecule has 0 fully saturated rings. The lowest BCUT2D eigenvalue weighted by Crippen LogP contribution is -2.30. The van der Waals surface area contributed by atoms with Crippen molar-refractivity contribution in [1.82, 2.24) is 9.55 Å². The van der Waals surface area contributed by atoms with Crippen molar-refractivity contribution < 1.29 is 9.53 Å². The van der Waals surface area contributed by atoms with E-state index >= 15 is 0 Å². The van der Waals surface area contributed by atoms with E-state index in [1.54, 1.807) is 23.6 Å². The minimum atomic E-state index is -0.666. The Kier molecular flexibility index (Phi) is 6.01. The molecule has 4 rings (SSSR count). The Morgan fingerprint density at radius 1 is 0.939 bits per heavy atom. The fourth-order valence-electron chi connectivity index (χ4n) is 3.75. The van der Waals surface area contributed by atoms with Crippen LogP contribution in [0.1, 0.15) is 29.4 Å². The molecule has 1 aromatic heterocycles. The van der Waals surface area contributed by atoms with Crippen LogP contribution < -0.4 is 15.6 Å². The van der Waals surface area contributed by atoms with E-state index in [4.69, 9.17) is 4.74 Å². The normalized spacial score (nSPS) is 11.9. The van der Waals surface area contributed by atoms with Crippen molar-refractivity contribution in [3.05, 3.63) is 93.5 Å². The highest BCUT2D eigenvalue weighted by atomic mass is 16.5. The summed E-state index contributed by atoms with van der Waals surface area (Å²) in [5.74, 6) is 1.02. The number of anilines is 1. The summed E-state index contributed by atoms with van der Waals surface area (Å²) in [6.07, 6.45) is -0.666. The molecule has 168 valence electrons. The quantitative estimate of drug-likeness (QED) is 0.472. The van der Waals surface area contributed by atoms with E-state index < -0.39 is 6.10 Å². The second-order valence-corrected chi connectivity index (χ2v) is 8.31. The van der Waals surface area contributed by atoms with Crippen molar-refractivity contribution in [2.75, 3.05) is 5.32 Å². The first-order valence-electron chi connectivity index (χ1n) is 10.9. The number of rotatable bonds is 5. The number of hydrogen-bond donors (Lipinski definition) is 1. The minimum Gasteiger partial charge on any atom is -0.481 e. The fraction of sp³-hybridized carbons (Fsp3) is 0.222. The number of aryl methyl sites for hydroxylation is 4. The van der Waals surface area contributed by atoms with Gasteiger partial charge in [0.1, 0.15) is 11.6 Å². The van der Waals surface area contributed by atoms with Crippen LogP contribution in [0.15, 0.2) is 65.5 Å². The zero-order chi connectivity index (χ0) is 23.7. The molecule has 1 atom stereocenters. The van der Waals surface area contributed by atoms with Gasteiger partial charge in [0, 0.05) is 5.69 Å². The molecule has 33 heavy (non-hydrogen) atoms. The molecule has 1 unspecified atom stereocenters. The standard InChI is InChI=1S/C27H27N3O3/c1-16-10-12-22(15-17(16)2)33-19(4)26(31)29-24-13-11-21(14-18(24)3)30-20(5)28-25-9-7-6-8-23(25)27(30)32/h6-15,19H,1-5H3,(H,29,31). The molecule has 0 aliphatic heterocycles. The molecule has 0 radical (unpaired) electrons. The number of carbonyl (C=O) groups excluding carboxylic acids is 1. The third kappa shape index (κ3) is 4.51. The maximum atomic E-state index is 13.1. The Balaban J connectivity index is 1.56. The van der Waals surface area contributed by atoms with Crippen molar-refractivity contribution in [2.45, 2.75) is 40.7 Å². The van der Waals surface area contributed by atoms with Crippen LogP contribution in [0, 0.1) is 27.7 Å². The van der Waals surface area contributed by atoms with E-state index in [0.29, 0.717) is 33.9 Å². The Morgan fingerprint density at radius 3 is 2.42 bits per heavy atom. The summed E-state index contributed by atoms with van der Waals surface area (Å²) < 4.78 is 7.41. The SMILES string of the molecule is Cc1ccc(OC(C)C(=O)Nc2ccc(-n3c(C)nc4ccccc4c3=O)cc2C)cc1C. The largest absolute Gasteiger partial charge is 0.481 e. The van der Waals surface area contributed by atoms with E-state index in [2.05, 4.69) is 10.3 Å². The molecule has 3 aromatic carbocycles. The van der Waals surface area contributed by atoms with Gasteiger partial charge in [-0.25, -0.2) is 4.98 Å². The van der Waals surface area contributed by atoms with Gasteiger partial charge in [0.15, 0.2) is 6.10 Å².